The summed E-state index contributed by atoms with van der Waals surface area (Å²) in [7, 11) is 0. The predicted octanol–water partition coefficient (Wildman–Crippen LogP) is 1.70. The van der Waals surface area contributed by atoms with Crippen molar-refractivity contribution in [2.45, 2.75) is 57.0 Å². The van der Waals surface area contributed by atoms with Crippen LogP contribution in [0.1, 0.15) is 45.4 Å². The van der Waals surface area contributed by atoms with Crippen molar-refractivity contribution in [1.29, 1.82) is 0 Å². The Labute approximate surface area is 98.6 Å². The Morgan fingerprint density at radius 3 is 2.56 bits per heavy atom. The van der Waals surface area contributed by atoms with Crippen molar-refractivity contribution in [3.63, 3.8) is 0 Å². The van der Waals surface area contributed by atoms with E-state index in [1.165, 1.54) is 32.1 Å². The molecule has 0 bridgehead atoms. The number of ether oxygens (including phenoxy) is 1. The molecule has 2 atom stereocenters. The van der Waals surface area contributed by atoms with E-state index in [4.69, 9.17) is 4.74 Å². The van der Waals surface area contributed by atoms with Gasteiger partial charge < -0.3 is 15.2 Å². The standard InChI is InChI=1S/C13H25NO2/c1-13(10-15,11-7-8-16-9-11)14-12-5-3-2-4-6-12/h11-12,14-15H,2-10H2,1H3. The van der Waals surface area contributed by atoms with Gasteiger partial charge in [-0.1, -0.05) is 19.3 Å². The van der Waals surface area contributed by atoms with Gasteiger partial charge in [0.1, 0.15) is 0 Å². The Kier molecular flexibility index (Phi) is 4.22. The van der Waals surface area contributed by atoms with Gasteiger partial charge >= 0.3 is 0 Å². The van der Waals surface area contributed by atoms with E-state index in [-0.39, 0.29) is 12.1 Å². The van der Waals surface area contributed by atoms with Crippen LogP contribution in [0.4, 0.5) is 0 Å². The van der Waals surface area contributed by atoms with Crippen molar-refractivity contribution < 1.29 is 9.84 Å². The van der Waals surface area contributed by atoms with Gasteiger partial charge in [0, 0.05) is 24.1 Å². The first-order valence-corrected chi connectivity index (χ1v) is 6.71. The third kappa shape index (κ3) is 2.76. The average molecular weight is 227 g/mol. The molecule has 0 spiro atoms. The van der Waals surface area contributed by atoms with Crippen LogP contribution in [0.25, 0.3) is 0 Å². The van der Waals surface area contributed by atoms with Crippen LogP contribution in [0.5, 0.6) is 0 Å². The van der Waals surface area contributed by atoms with Crippen molar-refractivity contribution in [2.75, 3.05) is 19.8 Å². The molecule has 3 nitrogen and oxygen atoms in total. The molecule has 0 radical (unpaired) electrons. The van der Waals surface area contributed by atoms with Gasteiger partial charge in [0.2, 0.25) is 0 Å². The molecule has 0 amide bonds. The van der Waals surface area contributed by atoms with E-state index in [2.05, 4.69) is 12.2 Å². The average Bonchev–Trinajstić information content (AvgIpc) is 2.84. The highest BCUT2D eigenvalue weighted by molar-refractivity contribution is 4.94. The molecule has 2 N–H and O–H groups in total. The molecule has 2 aliphatic rings. The zero-order valence-corrected chi connectivity index (χ0v) is 10.4. The van der Waals surface area contributed by atoms with Gasteiger partial charge in [0.25, 0.3) is 0 Å². The summed E-state index contributed by atoms with van der Waals surface area (Å²) in [6.45, 7) is 4.03. The van der Waals surface area contributed by atoms with Gasteiger partial charge in [-0.2, -0.15) is 0 Å². The van der Waals surface area contributed by atoms with E-state index in [0.29, 0.717) is 12.0 Å². The topological polar surface area (TPSA) is 41.5 Å². The largest absolute Gasteiger partial charge is 0.394 e. The number of aliphatic hydroxyl groups is 1. The highest BCUT2D eigenvalue weighted by Gasteiger charge is 2.37. The lowest BCUT2D eigenvalue weighted by molar-refractivity contribution is 0.0849. The first kappa shape index (κ1) is 12.3. The molecule has 0 aromatic rings. The Balaban J connectivity index is 1.91. The molecular formula is C13H25NO2. The SMILES string of the molecule is CC(CO)(NC1CCCCC1)C1CCOC1. The molecule has 1 aliphatic heterocycles. The maximum absolute atomic E-state index is 9.66. The zero-order valence-electron chi connectivity index (χ0n) is 10.4. The summed E-state index contributed by atoms with van der Waals surface area (Å²) in [5.74, 6) is 0.472. The second-order valence-corrected chi connectivity index (χ2v) is 5.62. The fourth-order valence-corrected chi connectivity index (χ4v) is 3.04. The lowest BCUT2D eigenvalue weighted by Crippen LogP contribution is -2.56. The molecule has 1 aliphatic carbocycles. The summed E-state index contributed by atoms with van der Waals surface area (Å²) in [6.07, 6.45) is 7.66. The Bertz CT molecular complexity index is 210. The Morgan fingerprint density at radius 1 is 1.25 bits per heavy atom. The van der Waals surface area contributed by atoms with Crippen LogP contribution in [0.2, 0.25) is 0 Å². The van der Waals surface area contributed by atoms with E-state index in [1.54, 1.807) is 0 Å². The zero-order chi connectivity index (χ0) is 11.4. The third-order valence-electron chi connectivity index (χ3n) is 4.30. The molecule has 2 unspecified atom stereocenters. The first-order chi connectivity index (χ1) is 7.74. The van der Waals surface area contributed by atoms with E-state index < -0.39 is 0 Å². The molecule has 1 saturated heterocycles. The summed E-state index contributed by atoms with van der Waals surface area (Å²) >= 11 is 0. The van der Waals surface area contributed by atoms with Crippen LogP contribution in [-0.2, 0) is 4.74 Å². The predicted molar refractivity (Wildman–Crippen MR) is 64.4 cm³/mol. The van der Waals surface area contributed by atoms with Crippen LogP contribution in [-0.4, -0.2) is 36.5 Å². The summed E-state index contributed by atoms with van der Waals surface area (Å²) in [5.41, 5.74) is -0.140. The number of hydrogen-bond donors (Lipinski definition) is 2. The van der Waals surface area contributed by atoms with Gasteiger partial charge in [-0.05, 0) is 26.2 Å². The van der Waals surface area contributed by atoms with Crippen molar-refractivity contribution in [3.05, 3.63) is 0 Å². The van der Waals surface area contributed by atoms with E-state index in [9.17, 15) is 5.11 Å². The maximum atomic E-state index is 9.66. The minimum atomic E-state index is -0.140. The van der Waals surface area contributed by atoms with Crippen LogP contribution < -0.4 is 5.32 Å². The van der Waals surface area contributed by atoms with Crippen LogP contribution >= 0.6 is 0 Å². The first-order valence-electron chi connectivity index (χ1n) is 6.71. The molecule has 2 fully saturated rings. The number of aliphatic hydroxyl groups excluding tert-OH is 1. The molecule has 1 heterocycles. The quantitative estimate of drug-likeness (QED) is 0.768. The fraction of sp³-hybridized carbons (Fsp3) is 1.00. The van der Waals surface area contributed by atoms with E-state index in [1.807, 2.05) is 0 Å². The van der Waals surface area contributed by atoms with Gasteiger partial charge in [-0.3, -0.25) is 0 Å². The second kappa shape index (κ2) is 5.48. The van der Waals surface area contributed by atoms with Gasteiger partial charge in [0.15, 0.2) is 0 Å². The van der Waals surface area contributed by atoms with E-state index in [0.717, 1.165) is 19.6 Å². The van der Waals surface area contributed by atoms with Crippen molar-refractivity contribution in [1.82, 2.24) is 5.32 Å². The van der Waals surface area contributed by atoms with Crippen LogP contribution in [0.3, 0.4) is 0 Å². The normalized spacial score (nSPS) is 31.5. The molecule has 94 valence electrons. The molecular weight excluding hydrogens is 202 g/mol. The van der Waals surface area contributed by atoms with Gasteiger partial charge in [0.05, 0.1) is 13.2 Å². The van der Waals surface area contributed by atoms with E-state index >= 15 is 0 Å². The monoisotopic (exact) mass is 227 g/mol. The minimum Gasteiger partial charge on any atom is -0.394 e. The minimum absolute atomic E-state index is 0.140. The summed E-state index contributed by atoms with van der Waals surface area (Å²) in [6, 6.07) is 0.603. The summed E-state index contributed by atoms with van der Waals surface area (Å²) in [5, 5.41) is 13.4. The van der Waals surface area contributed by atoms with Gasteiger partial charge in [-0.15, -0.1) is 0 Å². The second-order valence-electron chi connectivity index (χ2n) is 5.62. The third-order valence-corrected chi connectivity index (χ3v) is 4.30. The molecule has 16 heavy (non-hydrogen) atoms. The lowest BCUT2D eigenvalue weighted by atomic mass is 9.83. The highest BCUT2D eigenvalue weighted by atomic mass is 16.5. The van der Waals surface area contributed by atoms with Crippen molar-refractivity contribution in [3.8, 4) is 0 Å². The molecule has 1 saturated carbocycles. The number of rotatable bonds is 4. The smallest absolute Gasteiger partial charge is 0.0614 e. The van der Waals surface area contributed by atoms with Crippen LogP contribution in [0, 0.1) is 5.92 Å². The molecule has 3 heteroatoms. The summed E-state index contributed by atoms with van der Waals surface area (Å²) < 4.78 is 5.44. The molecule has 0 aromatic carbocycles. The van der Waals surface area contributed by atoms with Gasteiger partial charge in [-0.25, -0.2) is 0 Å². The number of nitrogens with one attached hydrogen (secondary N) is 1. The van der Waals surface area contributed by atoms with Crippen molar-refractivity contribution >= 4 is 0 Å². The fourth-order valence-electron chi connectivity index (χ4n) is 3.04. The maximum Gasteiger partial charge on any atom is 0.0614 e. The molecule has 0 aromatic heterocycles. The highest BCUT2D eigenvalue weighted by Crippen LogP contribution is 2.28. The Hall–Kier alpha value is -0.120. The lowest BCUT2D eigenvalue weighted by Gasteiger charge is -2.39. The summed E-state index contributed by atoms with van der Waals surface area (Å²) in [4.78, 5) is 0. The Morgan fingerprint density at radius 2 is 2.00 bits per heavy atom. The van der Waals surface area contributed by atoms with Crippen LogP contribution in [0.15, 0.2) is 0 Å². The number of hydrogen-bond acceptors (Lipinski definition) is 3. The molecule has 2 rings (SSSR count). The van der Waals surface area contributed by atoms with Crippen molar-refractivity contribution in [2.24, 2.45) is 5.92 Å².